The predicted octanol–water partition coefficient (Wildman–Crippen LogP) is 2.11. The number of nitrogens with one attached hydrogen (secondary N) is 1. The highest BCUT2D eigenvalue weighted by Crippen LogP contribution is 2.21. The molecule has 2 aromatic heterocycles. The zero-order valence-electron chi connectivity index (χ0n) is 6.86. The van der Waals surface area contributed by atoms with E-state index in [9.17, 15) is 0 Å². The summed E-state index contributed by atoms with van der Waals surface area (Å²) in [6.07, 6.45) is 5.47. The summed E-state index contributed by atoms with van der Waals surface area (Å²) < 4.78 is 0. The molecular weight excluding hydrogens is 162 g/mol. The van der Waals surface area contributed by atoms with Gasteiger partial charge in [-0.1, -0.05) is 12.1 Å². The topological polar surface area (TPSA) is 41.6 Å². The molecule has 0 saturated heterocycles. The second-order valence-electron chi connectivity index (χ2n) is 3.00. The van der Waals surface area contributed by atoms with Crippen molar-refractivity contribution >= 4 is 21.7 Å². The molecule has 0 unspecified atom stereocenters. The van der Waals surface area contributed by atoms with Crippen LogP contribution in [0.2, 0.25) is 0 Å². The van der Waals surface area contributed by atoms with Crippen LogP contribution in [0.3, 0.4) is 0 Å². The van der Waals surface area contributed by atoms with Crippen molar-refractivity contribution in [3.63, 3.8) is 0 Å². The SMILES string of the molecule is c1cc2ccc3cn[nH]c3c2cn1. The van der Waals surface area contributed by atoms with Crippen molar-refractivity contribution in [3.05, 3.63) is 36.8 Å². The Kier molecular flexibility index (Phi) is 1.16. The largest absolute Gasteiger partial charge is 0.277 e. The van der Waals surface area contributed by atoms with E-state index in [2.05, 4.69) is 27.3 Å². The first-order valence-corrected chi connectivity index (χ1v) is 4.11. The van der Waals surface area contributed by atoms with Gasteiger partial charge < -0.3 is 0 Å². The Morgan fingerprint density at radius 2 is 1.92 bits per heavy atom. The number of hydrogen-bond acceptors (Lipinski definition) is 2. The Bertz CT molecular complexity index is 568. The van der Waals surface area contributed by atoms with Gasteiger partial charge in [0.05, 0.1) is 11.7 Å². The summed E-state index contributed by atoms with van der Waals surface area (Å²) in [6.45, 7) is 0. The van der Waals surface area contributed by atoms with Gasteiger partial charge in [0.25, 0.3) is 0 Å². The predicted molar refractivity (Wildman–Crippen MR) is 51.4 cm³/mol. The van der Waals surface area contributed by atoms with Gasteiger partial charge in [0, 0.05) is 23.2 Å². The average Bonchev–Trinajstić information content (AvgIpc) is 2.65. The summed E-state index contributed by atoms with van der Waals surface area (Å²) in [6, 6.07) is 6.13. The Labute approximate surface area is 74.4 Å². The van der Waals surface area contributed by atoms with Crippen LogP contribution in [0.15, 0.2) is 36.8 Å². The summed E-state index contributed by atoms with van der Waals surface area (Å²) in [7, 11) is 0. The molecule has 13 heavy (non-hydrogen) atoms. The quantitative estimate of drug-likeness (QED) is 0.560. The molecular formula is C10H7N3. The van der Waals surface area contributed by atoms with Crippen LogP contribution in [0.5, 0.6) is 0 Å². The standard InChI is InChI=1S/C10H7N3/c1-2-8-5-12-13-10(8)9-6-11-4-3-7(1)9/h1-6H,(H,12,13). The number of pyridine rings is 1. The van der Waals surface area contributed by atoms with Gasteiger partial charge in [-0.15, -0.1) is 0 Å². The molecule has 0 atom stereocenters. The van der Waals surface area contributed by atoms with Crippen molar-refractivity contribution in [2.24, 2.45) is 0 Å². The van der Waals surface area contributed by atoms with Gasteiger partial charge in [0.1, 0.15) is 0 Å². The minimum Gasteiger partial charge on any atom is -0.277 e. The van der Waals surface area contributed by atoms with Crippen LogP contribution in [0.1, 0.15) is 0 Å². The van der Waals surface area contributed by atoms with Crippen LogP contribution in [0.25, 0.3) is 21.7 Å². The van der Waals surface area contributed by atoms with E-state index in [-0.39, 0.29) is 0 Å². The van der Waals surface area contributed by atoms with Crippen molar-refractivity contribution in [2.75, 3.05) is 0 Å². The summed E-state index contributed by atoms with van der Waals surface area (Å²) in [5.74, 6) is 0. The van der Waals surface area contributed by atoms with E-state index in [1.165, 1.54) is 5.39 Å². The maximum atomic E-state index is 4.09. The summed E-state index contributed by atoms with van der Waals surface area (Å²) in [5.41, 5.74) is 1.06. The summed E-state index contributed by atoms with van der Waals surface area (Å²) in [5, 5.41) is 10.4. The molecule has 2 heterocycles. The monoisotopic (exact) mass is 169 g/mol. The highest BCUT2D eigenvalue weighted by Gasteiger charge is 2.00. The lowest BCUT2D eigenvalue weighted by Crippen LogP contribution is -1.77. The Morgan fingerprint density at radius 1 is 1.00 bits per heavy atom. The number of H-pyrrole nitrogens is 1. The molecule has 0 aliphatic rings. The number of hydrogen-bond donors (Lipinski definition) is 1. The van der Waals surface area contributed by atoms with E-state index < -0.39 is 0 Å². The van der Waals surface area contributed by atoms with E-state index >= 15 is 0 Å². The van der Waals surface area contributed by atoms with Crippen LogP contribution in [0.4, 0.5) is 0 Å². The fraction of sp³-hybridized carbons (Fsp3) is 0. The van der Waals surface area contributed by atoms with Gasteiger partial charge in [0.2, 0.25) is 0 Å². The van der Waals surface area contributed by atoms with Crippen molar-refractivity contribution in [2.45, 2.75) is 0 Å². The molecule has 0 aliphatic carbocycles. The second kappa shape index (κ2) is 2.29. The fourth-order valence-electron chi connectivity index (χ4n) is 1.58. The van der Waals surface area contributed by atoms with Crippen LogP contribution >= 0.6 is 0 Å². The van der Waals surface area contributed by atoms with Crippen molar-refractivity contribution in [1.29, 1.82) is 0 Å². The van der Waals surface area contributed by atoms with E-state index in [1.54, 1.807) is 6.20 Å². The van der Waals surface area contributed by atoms with E-state index in [0.29, 0.717) is 0 Å². The number of benzene rings is 1. The molecule has 3 nitrogen and oxygen atoms in total. The lowest BCUT2D eigenvalue weighted by molar-refractivity contribution is 1.12. The first kappa shape index (κ1) is 6.60. The molecule has 0 fully saturated rings. The molecule has 3 heteroatoms. The van der Waals surface area contributed by atoms with Gasteiger partial charge in [-0.25, -0.2) is 0 Å². The van der Waals surface area contributed by atoms with Gasteiger partial charge in [-0.05, 0) is 11.5 Å². The highest BCUT2D eigenvalue weighted by molar-refractivity contribution is 6.04. The molecule has 0 saturated carbocycles. The molecule has 0 bridgehead atoms. The van der Waals surface area contributed by atoms with Crippen LogP contribution in [-0.2, 0) is 0 Å². The third-order valence-electron chi connectivity index (χ3n) is 2.24. The maximum Gasteiger partial charge on any atom is 0.0744 e. The third kappa shape index (κ3) is 0.839. The van der Waals surface area contributed by atoms with Crippen molar-refractivity contribution in [3.8, 4) is 0 Å². The fourth-order valence-corrected chi connectivity index (χ4v) is 1.58. The molecule has 0 radical (unpaired) electrons. The van der Waals surface area contributed by atoms with Gasteiger partial charge in [0.15, 0.2) is 0 Å². The molecule has 0 aliphatic heterocycles. The molecule has 0 amide bonds. The number of aromatic amines is 1. The first-order valence-electron chi connectivity index (χ1n) is 4.11. The number of aromatic nitrogens is 3. The number of fused-ring (bicyclic) bond motifs is 3. The van der Waals surface area contributed by atoms with Gasteiger partial charge >= 0.3 is 0 Å². The summed E-state index contributed by atoms with van der Waals surface area (Å²) >= 11 is 0. The van der Waals surface area contributed by atoms with E-state index in [0.717, 1.165) is 16.3 Å². The Balaban J connectivity index is 2.65. The third-order valence-corrected chi connectivity index (χ3v) is 2.24. The Morgan fingerprint density at radius 3 is 2.92 bits per heavy atom. The smallest absolute Gasteiger partial charge is 0.0744 e. The zero-order valence-corrected chi connectivity index (χ0v) is 6.86. The average molecular weight is 169 g/mol. The zero-order chi connectivity index (χ0) is 8.67. The van der Waals surface area contributed by atoms with Crippen LogP contribution < -0.4 is 0 Å². The molecule has 3 rings (SSSR count). The van der Waals surface area contributed by atoms with Gasteiger partial charge in [-0.2, -0.15) is 5.10 Å². The van der Waals surface area contributed by atoms with Crippen LogP contribution in [0, 0.1) is 0 Å². The number of nitrogens with zero attached hydrogens (tertiary/aromatic N) is 2. The minimum absolute atomic E-state index is 1.06. The minimum atomic E-state index is 1.06. The van der Waals surface area contributed by atoms with Crippen molar-refractivity contribution < 1.29 is 0 Å². The summed E-state index contributed by atoms with van der Waals surface area (Å²) in [4.78, 5) is 4.09. The maximum absolute atomic E-state index is 4.09. The molecule has 1 aromatic carbocycles. The molecule has 3 aromatic rings. The molecule has 62 valence electrons. The van der Waals surface area contributed by atoms with Gasteiger partial charge in [-0.3, -0.25) is 10.1 Å². The highest BCUT2D eigenvalue weighted by atomic mass is 15.1. The number of rotatable bonds is 0. The lowest BCUT2D eigenvalue weighted by atomic mass is 10.1. The first-order chi connectivity index (χ1) is 6.45. The Hall–Kier alpha value is -1.90. The van der Waals surface area contributed by atoms with Crippen LogP contribution in [-0.4, -0.2) is 15.2 Å². The lowest BCUT2D eigenvalue weighted by Gasteiger charge is -1.96. The molecule has 1 N–H and O–H groups in total. The van der Waals surface area contributed by atoms with Crippen molar-refractivity contribution in [1.82, 2.24) is 15.2 Å². The second-order valence-corrected chi connectivity index (χ2v) is 3.00. The van der Waals surface area contributed by atoms with E-state index in [1.807, 2.05) is 18.5 Å². The normalized spacial score (nSPS) is 11.1. The van der Waals surface area contributed by atoms with E-state index in [4.69, 9.17) is 0 Å². The molecule has 0 spiro atoms.